The second kappa shape index (κ2) is 7.45. The Labute approximate surface area is 176 Å². The van der Waals surface area contributed by atoms with Crippen LogP contribution in [0.2, 0.25) is 0 Å². The molecule has 1 saturated heterocycles. The SMILES string of the molecule is Cc1ccc(C)c2sc(N3CCN(C(=O)c4ccc5c(c4)CCCC5)CC3)nc12. The third-order valence-electron chi connectivity index (χ3n) is 6.36. The number of piperazine rings is 1. The lowest BCUT2D eigenvalue weighted by Gasteiger charge is -2.34. The summed E-state index contributed by atoms with van der Waals surface area (Å²) in [5.41, 5.74) is 7.30. The van der Waals surface area contributed by atoms with E-state index in [2.05, 4.69) is 43.0 Å². The number of amides is 1. The molecule has 4 nitrogen and oxygen atoms in total. The van der Waals surface area contributed by atoms with Crippen molar-refractivity contribution in [3.8, 4) is 0 Å². The van der Waals surface area contributed by atoms with Crippen LogP contribution < -0.4 is 4.90 Å². The number of thiazole rings is 1. The standard InChI is InChI=1S/C24H27N3OS/c1-16-7-8-17(2)22-21(16)25-24(29-22)27-13-11-26(12-14-27)23(28)20-10-9-18-5-3-4-6-19(18)15-20/h7-10,15H,3-6,11-14H2,1-2H3. The van der Waals surface area contributed by atoms with Crippen LogP contribution in [-0.2, 0) is 12.8 Å². The number of carbonyl (C=O) groups is 1. The molecule has 0 spiro atoms. The van der Waals surface area contributed by atoms with Crippen molar-refractivity contribution in [1.82, 2.24) is 9.88 Å². The van der Waals surface area contributed by atoms with Crippen molar-refractivity contribution < 1.29 is 4.79 Å². The third kappa shape index (κ3) is 3.42. The molecule has 0 saturated carbocycles. The Balaban J connectivity index is 1.30. The van der Waals surface area contributed by atoms with Crippen LogP contribution in [0.15, 0.2) is 30.3 Å². The van der Waals surface area contributed by atoms with Crippen LogP contribution in [0.5, 0.6) is 0 Å². The number of rotatable bonds is 2. The second-order valence-corrected chi connectivity index (χ2v) is 9.32. The van der Waals surface area contributed by atoms with Crippen molar-refractivity contribution in [1.29, 1.82) is 0 Å². The summed E-state index contributed by atoms with van der Waals surface area (Å²) >= 11 is 1.78. The summed E-state index contributed by atoms with van der Waals surface area (Å²) in [5.74, 6) is 0.175. The van der Waals surface area contributed by atoms with Crippen LogP contribution in [0.3, 0.4) is 0 Å². The number of nitrogens with zero attached hydrogens (tertiary/aromatic N) is 3. The van der Waals surface area contributed by atoms with Crippen molar-refractivity contribution in [2.75, 3.05) is 31.1 Å². The first kappa shape index (κ1) is 18.6. The van der Waals surface area contributed by atoms with Gasteiger partial charge in [0.1, 0.15) is 0 Å². The van der Waals surface area contributed by atoms with Gasteiger partial charge in [0, 0.05) is 31.7 Å². The van der Waals surface area contributed by atoms with Crippen molar-refractivity contribution in [3.63, 3.8) is 0 Å². The summed E-state index contributed by atoms with van der Waals surface area (Å²) in [6, 6.07) is 10.7. The Morgan fingerprint density at radius 1 is 0.931 bits per heavy atom. The van der Waals surface area contributed by atoms with Gasteiger partial charge < -0.3 is 9.80 Å². The van der Waals surface area contributed by atoms with Crippen molar-refractivity contribution in [2.24, 2.45) is 0 Å². The maximum Gasteiger partial charge on any atom is 0.253 e. The molecule has 5 rings (SSSR count). The Morgan fingerprint density at radius 2 is 1.66 bits per heavy atom. The number of benzene rings is 2. The first-order valence-electron chi connectivity index (χ1n) is 10.6. The fraction of sp³-hybridized carbons (Fsp3) is 0.417. The molecule has 2 aliphatic rings. The van der Waals surface area contributed by atoms with E-state index < -0.39 is 0 Å². The second-order valence-electron chi connectivity index (χ2n) is 8.34. The molecular formula is C24H27N3OS. The summed E-state index contributed by atoms with van der Waals surface area (Å²) in [6.45, 7) is 7.47. The lowest BCUT2D eigenvalue weighted by molar-refractivity contribution is 0.0746. The number of fused-ring (bicyclic) bond motifs is 2. The van der Waals surface area contributed by atoms with Gasteiger partial charge in [-0.2, -0.15) is 0 Å². The largest absolute Gasteiger partial charge is 0.345 e. The summed E-state index contributed by atoms with van der Waals surface area (Å²) < 4.78 is 1.28. The van der Waals surface area contributed by atoms with Crippen molar-refractivity contribution in [2.45, 2.75) is 39.5 Å². The maximum atomic E-state index is 13.1. The van der Waals surface area contributed by atoms with Gasteiger partial charge in [-0.25, -0.2) is 4.98 Å². The van der Waals surface area contributed by atoms with Crippen molar-refractivity contribution >= 4 is 32.6 Å². The topological polar surface area (TPSA) is 36.4 Å². The highest BCUT2D eigenvalue weighted by Gasteiger charge is 2.25. The molecular weight excluding hydrogens is 378 g/mol. The predicted octanol–water partition coefficient (Wildman–Crippen LogP) is 4.75. The van der Waals surface area contributed by atoms with Crippen LogP contribution >= 0.6 is 11.3 Å². The zero-order chi connectivity index (χ0) is 20.0. The lowest BCUT2D eigenvalue weighted by Crippen LogP contribution is -2.48. The smallest absolute Gasteiger partial charge is 0.253 e. The summed E-state index contributed by atoms with van der Waals surface area (Å²) in [4.78, 5) is 22.3. The van der Waals surface area contributed by atoms with Crippen molar-refractivity contribution in [3.05, 3.63) is 58.1 Å². The minimum atomic E-state index is 0.175. The summed E-state index contributed by atoms with van der Waals surface area (Å²) in [7, 11) is 0. The maximum absolute atomic E-state index is 13.1. The van der Waals surface area contributed by atoms with Crippen LogP contribution in [0.1, 0.15) is 45.5 Å². The number of carbonyl (C=O) groups excluding carboxylic acids is 1. The third-order valence-corrected chi connectivity index (χ3v) is 7.62. The van der Waals surface area contributed by atoms with Gasteiger partial charge in [-0.05, 0) is 73.9 Å². The molecule has 29 heavy (non-hydrogen) atoms. The summed E-state index contributed by atoms with van der Waals surface area (Å²) in [5, 5.41) is 1.08. The Hall–Kier alpha value is -2.40. The average molecular weight is 406 g/mol. The molecule has 2 heterocycles. The number of hydrogen-bond donors (Lipinski definition) is 0. The first-order chi connectivity index (χ1) is 14.1. The normalized spacial score (nSPS) is 16.9. The molecule has 1 fully saturated rings. The highest BCUT2D eigenvalue weighted by Crippen LogP contribution is 2.33. The van der Waals surface area contributed by atoms with Crippen LogP contribution in [-0.4, -0.2) is 42.0 Å². The molecule has 1 aliphatic heterocycles. The monoisotopic (exact) mass is 405 g/mol. The molecule has 0 unspecified atom stereocenters. The van der Waals surface area contributed by atoms with Gasteiger partial charge in [0.2, 0.25) is 0 Å². The Kier molecular flexibility index (Phi) is 4.78. The van der Waals surface area contributed by atoms with Gasteiger partial charge in [-0.3, -0.25) is 4.79 Å². The van der Waals surface area contributed by atoms with Crippen LogP contribution in [0.25, 0.3) is 10.2 Å². The Bertz CT molecular complexity index is 1040. The van der Waals surface area contributed by atoms with E-state index in [1.54, 1.807) is 11.3 Å². The first-order valence-corrected chi connectivity index (χ1v) is 11.4. The molecule has 1 amide bonds. The van der Waals surface area contributed by atoms with Crippen LogP contribution in [0, 0.1) is 13.8 Å². The predicted molar refractivity (Wildman–Crippen MR) is 120 cm³/mol. The fourth-order valence-electron chi connectivity index (χ4n) is 4.53. The van der Waals surface area contributed by atoms with Gasteiger partial charge in [0.15, 0.2) is 5.13 Å². The van der Waals surface area contributed by atoms with Crippen LogP contribution in [0.4, 0.5) is 5.13 Å². The molecule has 1 aromatic heterocycles. The molecule has 150 valence electrons. The number of aromatic nitrogens is 1. The van der Waals surface area contributed by atoms with E-state index in [1.165, 1.54) is 39.8 Å². The molecule has 2 aromatic carbocycles. The summed E-state index contributed by atoms with van der Waals surface area (Å²) in [6.07, 6.45) is 4.78. The quantitative estimate of drug-likeness (QED) is 0.617. The molecule has 3 aromatic rings. The minimum absolute atomic E-state index is 0.175. The van der Waals surface area contributed by atoms with Gasteiger partial charge in [-0.1, -0.05) is 29.5 Å². The lowest BCUT2D eigenvalue weighted by atomic mass is 9.90. The van der Waals surface area contributed by atoms with E-state index in [1.807, 2.05) is 11.0 Å². The van der Waals surface area contributed by atoms with E-state index >= 15 is 0 Å². The zero-order valence-corrected chi connectivity index (χ0v) is 18.0. The van der Waals surface area contributed by atoms with Gasteiger partial charge in [0.25, 0.3) is 5.91 Å². The van der Waals surface area contributed by atoms with Gasteiger partial charge >= 0.3 is 0 Å². The van der Waals surface area contributed by atoms with E-state index in [9.17, 15) is 4.79 Å². The number of anilines is 1. The number of aryl methyl sites for hydroxylation is 4. The van der Waals surface area contributed by atoms with Gasteiger partial charge in [-0.15, -0.1) is 0 Å². The molecule has 5 heteroatoms. The van der Waals surface area contributed by atoms with E-state index in [4.69, 9.17) is 4.98 Å². The highest BCUT2D eigenvalue weighted by atomic mass is 32.1. The fourth-order valence-corrected chi connectivity index (χ4v) is 5.70. The van der Waals surface area contributed by atoms with E-state index in [0.29, 0.717) is 0 Å². The molecule has 1 aliphatic carbocycles. The molecule has 0 N–H and O–H groups in total. The highest BCUT2D eigenvalue weighted by molar-refractivity contribution is 7.22. The average Bonchev–Trinajstić information content (AvgIpc) is 3.23. The molecule has 0 radical (unpaired) electrons. The van der Waals surface area contributed by atoms with E-state index in [-0.39, 0.29) is 5.91 Å². The zero-order valence-electron chi connectivity index (χ0n) is 17.2. The van der Waals surface area contributed by atoms with Gasteiger partial charge in [0.05, 0.1) is 10.2 Å². The molecule has 0 atom stereocenters. The Morgan fingerprint density at radius 3 is 2.41 bits per heavy atom. The molecule has 0 bridgehead atoms. The van der Waals surface area contributed by atoms with E-state index in [0.717, 1.165) is 55.2 Å². The number of hydrogen-bond acceptors (Lipinski definition) is 4. The minimum Gasteiger partial charge on any atom is -0.345 e.